The van der Waals surface area contributed by atoms with Crippen molar-refractivity contribution in [1.82, 2.24) is 4.57 Å². The molecule has 0 aliphatic carbocycles. The van der Waals surface area contributed by atoms with Crippen LogP contribution in [0.3, 0.4) is 0 Å². The monoisotopic (exact) mass is 310 g/mol. The average molecular weight is 310 g/mol. The lowest BCUT2D eigenvalue weighted by molar-refractivity contribution is 0.415. The van der Waals surface area contributed by atoms with Gasteiger partial charge in [0.15, 0.2) is 0 Å². The van der Waals surface area contributed by atoms with E-state index in [1.807, 2.05) is 30.3 Å². The van der Waals surface area contributed by atoms with E-state index in [-0.39, 0.29) is 12.0 Å². The third kappa shape index (κ3) is 4.01. The first-order valence-corrected chi connectivity index (χ1v) is 7.81. The van der Waals surface area contributed by atoms with E-state index in [9.17, 15) is 4.79 Å². The van der Waals surface area contributed by atoms with Gasteiger partial charge in [0.25, 0.3) is 5.56 Å². The molecule has 0 saturated heterocycles. The maximum atomic E-state index is 12.7. The minimum atomic E-state index is -0.0764. The molecule has 0 unspecified atom stereocenters. The van der Waals surface area contributed by atoms with Crippen molar-refractivity contribution in [3.05, 3.63) is 52.3 Å². The van der Waals surface area contributed by atoms with Gasteiger partial charge < -0.3 is 9.30 Å². The summed E-state index contributed by atoms with van der Waals surface area (Å²) in [5, 5.41) is 8.89. The van der Waals surface area contributed by atoms with E-state index in [0.717, 1.165) is 23.4 Å². The fourth-order valence-corrected chi connectivity index (χ4v) is 2.49. The molecule has 120 valence electrons. The van der Waals surface area contributed by atoms with Crippen LogP contribution in [-0.4, -0.2) is 11.7 Å². The molecule has 2 aromatic rings. The zero-order chi connectivity index (χ0) is 16.8. The van der Waals surface area contributed by atoms with Gasteiger partial charge in [-0.25, -0.2) is 0 Å². The van der Waals surface area contributed by atoms with Gasteiger partial charge in [0.2, 0.25) is 0 Å². The van der Waals surface area contributed by atoms with Crippen LogP contribution in [0.1, 0.15) is 25.8 Å². The van der Waals surface area contributed by atoms with Crippen molar-refractivity contribution < 1.29 is 4.74 Å². The number of ether oxygens (including phenoxy) is 1. The van der Waals surface area contributed by atoms with Gasteiger partial charge in [-0.1, -0.05) is 32.0 Å². The van der Waals surface area contributed by atoms with Crippen LogP contribution >= 0.6 is 0 Å². The molecule has 0 aliphatic rings. The summed E-state index contributed by atoms with van der Waals surface area (Å²) in [4.78, 5) is 12.7. The van der Waals surface area contributed by atoms with Crippen LogP contribution in [0, 0.1) is 17.2 Å². The minimum Gasteiger partial charge on any atom is -0.497 e. The summed E-state index contributed by atoms with van der Waals surface area (Å²) in [6.45, 7) is 4.91. The quantitative estimate of drug-likeness (QED) is 0.818. The van der Waals surface area contributed by atoms with Gasteiger partial charge in [0.1, 0.15) is 5.75 Å². The number of aromatic nitrogens is 1. The van der Waals surface area contributed by atoms with E-state index >= 15 is 0 Å². The molecule has 0 spiro atoms. The van der Waals surface area contributed by atoms with Gasteiger partial charge >= 0.3 is 0 Å². The van der Waals surface area contributed by atoms with E-state index in [1.54, 1.807) is 17.7 Å². The molecule has 0 radical (unpaired) electrons. The Bertz CT molecular complexity index is 770. The average Bonchev–Trinajstić information content (AvgIpc) is 2.55. The zero-order valence-corrected chi connectivity index (χ0v) is 13.9. The van der Waals surface area contributed by atoms with Crippen molar-refractivity contribution in [2.75, 3.05) is 7.11 Å². The molecule has 4 heteroatoms. The summed E-state index contributed by atoms with van der Waals surface area (Å²) in [5.41, 5.74) is 2.26. The second-order valence-electron chi connectivity index (χ2n) is 5.95. The van der Waals surface area contributed by atoms with E-state index in [0.29, 0.717) is 18.0 Å². The second kappa shape index (κ2) is 7.64. The molecule has 0 N–H and O–H groups in total. The summed E-state index contributed by atoms with van der Waals surface area (Å²) < 4.78 is 7.06. The highest BCUT2D eigenvalue weighted by atomic mass is 16.5. The van der Waals surface area contributed by atoms with Gasteiger partial charge in [-0.3, -0.25) is 4.79 Å². The number of methoxy groups -OCH3 is 1. The second-order valence-corrected chi connectivity index (χ2v) is 5.95. The third-order valence-electron chi connectivity index (χ3n) is 3.82. The smallest absolute Gasteiger partial charge is 0.255 e. The molecule has 1 aromatic carbocycles. The Morgan fingerprint density at radius 1 is 1.26 bits per heavy atom. The number of nitriles is 1. The lowest BCUT2D eigenvalue weighted by Gasteiger charge is -2.16. The molecule has 1 heterocycles. The van der Waals surface area contributed by atoms with Crippen LogP contribution in [0.2, 0.25) is 0 Å². The molecule has 2 rings (SSSR count). The summed E-state index contributed by atoms with van der Waals surface area (Å²) in [7, 11) is 1.63. The van der Waals surface area contributed by atoms with Gasteiger partial charge in [-0.15, -0.1) is 0 Å². The number of pyridine rings is 1. The van der Waals surface area contributed by atoms with Crippen LogP contribution < -0.4 is 10.3 Å². The molecule has 0 saturated carbocycles. The molecule has 23 heavy (non-hydrogen) atoms. The zero-order valence-electron chi connectivity index (χ0n) is 13.9. The fourth-order valence-electron chi connectivity index (χ4n) is 2.49. The fraction of sp³-hybridized carbons (Fsp3) is 0.368. The lowest BCUT2D eigenvalue weighted by atomic mass is 10.1. The first kappa shape index (κ1) is 16.8. The molecular formula is C19H22N2O2. The van der Waals surface area contributed by atoms with E-state index in [4.69, 9.17) is 10.00 Å². The summed E-state index contributed by atoms with van der Waals surface area (Å²) in [6, 6.07) is 13.4. The van der Waals surface area contributed by atoms with Crippen molar-refractivity contribution >= 4 is 0 Å². The molecule has 0 bridgehead atoms. The maximum Gasteiger partial charge on any atom is 0.255 e. The van der Waals surface area contributed by atoms with Crippen LogP contribution in [0.25, 0.3) is 11.3 Å². The first-order valence-electron chi connectivity index (χ1n) is 7.81. The topological polar surface area (TPSA) is 55.0 Å². The number of hydrogen-bond donors (Lipinski definition) is 0. The van der Waals surface area contributed by atoms with E-state index < -0.39 is 0 Å². The van der Waals surface area contributed by atoms with E-state index in [2.05, 4.69) is 19.9 Å². The Morgan fingerprint density at radius 2 is 2.04 bits per heavy atom. The standard InChI is InChI=1S/C19H22N2O2/c1-14(2)10-12-21-18(8-7-15(9-11-20)19(21)22)16-5-4-6-17(13-16)23-3/h4-8,13-14H,9-10,12H2,1-3H3. The molecule has 0 aliphatic heterocycles. The van der Waals surface area contributed by atoms with Crippen molar-refractivity contribution in [3.63, 3.8) is 0 Å². The predicted molar refractivity (Wildman–Crippen MR) is 91.5 cm³/mol. The molecule has 1 aromatic heterocycles. The van der Waals surface area contributed by atoms with Gasteiger partial charge in [0, 0.05) is 17.7 Å². The summed E-state index contributed by atoms with van der Waals surface area (Å²) >= 11 is 0. The molecule has 0 fully saturated rings. The van der Waals surface area contributed by atoms with Crippen LogP contribution in [0.4, 0.5) is 0 Å². The SMILES string of the molecule is COc1cccc(-c2ccc(CC#N)c(=O)n2CCC(C)C)c1. The van der Waals surface area contributed by atoms with Gasteiger partial charge in [-0.2, -0.15) is 5.26 Å². The molecule has 0 atom stereocenters. The number of rotatable bonds is 6. The number of hydrogen-bond acceptors (Lipinski definition) is 3. The van der Waals surface area contributed by atoms with Crippen molar-refractivity contribution in [2.24, 2.45) is 5.92 Å². The van der Waals surface area contributed by atoms with Crippen molar-refractivity contribution in [2.45, 2.75) is 33.2 Å². The van der Waals surface area contributed by atoms with Crippen LogP contribution in [0.5, 0.6) is 5.75 Å². The minimum absolute atomic E-state index is 0.0764. The normalized spacial score (nSPS) is 10.6. The Balaban J connectivity index is 2.55. The maximum absolute atomic E-state index is 12.7. The van der Waals surface area contributed by atoms with Crippen LogP contribution in [-0.2, 0) is 13.0 Å². The Kier molecular flexibility index (Phi) is 5.59. The largest absolute Gasteiger partial charge is 0.497 e. The van der Waals surface area contributed by atoms with Crippen molar-refractivity contribution in [3.8, 4) is 23.1 Å². The Labute approximate surface area is 137 Å². The first-order chi connectivity index (χ1) is 11.1. The number of nitrogens with zero attached hydrogens (tertiary/aromatic N) is 2. The van der Waals surface area contributed by atoms with Crippen molar-refractivity contribution in [1.29, 1.82) is 5.26 Å². The van der Waals surface area contributed by atoms with Gasteiger partial charge in [-0.05, 0) is 30.5 Å². The molecule has 4 nitrogen and oxygen atoms in total. The molecular weight excluding hydrogens is 288 g/mol. The van der Waals surface area contributed by atoms with Crippen LogP contribution in [0.15, 0.2) is 41.2 Å². The Hall–Kier alpha value is -2.54. The summed E-state index contributed by atoms with van der Waals surface area (Å²) in [5.74, 6) is 1.26. The highest BCUT2D eigenvalue weighted by Gasteiger charge is 2.11. The predicted octanol–water partition coefficient (Wildman–Crippen LogP) is 3.64. The Morgan fingerprint density at radius 3 is 2.70 bits per heavy atom. The third-order valence-corrected chi connectivity index (χ3v) is 3.82. The number of benzene rings is 1. The highest BCUT2D eigenvalue weighted by molar-refractivity contribution is 5.62. The molecule has 0 amide bonds. The highest BCUT2D eigenvalue weighted by Crippen LogP contribution is 2.24. The van der Waals surface area contributed by atoms with Gasteiger partial charge in [0.05, 0.1) is 25.3 Å². The summed E-state index contributed by atoms with van der Waals surface area (Å²) in [6.07, 6.45) is 1.05. The lowest BCUT2D eigenvalue weighted by Crippen LogP contribution is -2.25. The van der Waals surface area contributed by atoms with E-state index in [1.165, 1.54) is 0 Å².